The van der Waals surface area contributed by atoms with Crippen LogP contribution in [0.15, 0.2) is 30.5 Å². The number of halogens is 1. The molecule has 7 nitrogen and oxygen atoms in total. The van der Waals surface area contributed by atoms with E-state index in [4.69, 9.17) is 16.3 Å². The third kappa shape index (κ3) is 5.36. The summed E-state index contributed by atoms with van der Waals surface area (Å²) in [5, 5.41) is 15.1. The van der Waals surface area contributed by atoms with E-state index in [2.05, 4.69) is 20.6 Å². The van der Waals surface area contributed by atoms with E-state index in [9.17, 15) is 9.90 Å². The van der Waals surface area contributed by atoms with Crippen LogP contribution in [0.4, 0.5) is 16.3 Å². The van der Waals surface area contributed by atoms with Crippen molar-refractivity contribution in [1.29, 1.82) is 0 Å². The molecular weight excluding hydrogens is 332 g/mol. The van der Waals surface area contributed by atoms with Gasteiger partial charge in [-0.3, -0.25) is 0 Å². The molecule has 0 unspecified atom stereocenters. The van der Waals surface area contributed by atoms with Crippen molar-refractivity contribution >= 4 is 29.2 Å². The average Bonchev–Trinajstić information content (AvgIpc) is 2.45. The summed E-state index contributed by atoms with van der Waals surface area (Å²) < 4.78 is 5.25. The number of nitrogens with zero attached hydrogens (tertiary/aromatic N) is 2. The predicted molar refractivity (Wildman–Crippen MR) is 91.6 cm³/mol. The van der Waals surface area contributed by atoms with Gasteiger partial charge in [0.05, 0.1) is 6.61 Å². The first kappa shape index (κ1) is 18.0. The molecule has 0 radical (unpaired) electrons. The van der Waals surface area contributed by atoms with Crippen molar-refractivity contribution in [3.63, 3.8) is 0 Å². The molecule has 0 spiro atoms. The van der Waals surface area contributed by atoms with Crippen molar-refractivity contribution in [3.8, 4) is 5.75 Å². The Morgan fingerprint density at radius 1 is 1.38 bits per heavy atom. The van der Waals surface area contributed by atoms with Gasteiger partial charge in [-0.15, -0.1) is 0 Å². The Bertz CT molecular complexity index is 732. The molecule has 0 aliphatic rings. The molecule has 0 fully saturated rings. The molecule has 0 atom stereocenters. The number of hydrogen-bond acceptors (Lipinski definition) is 6. The van der Waals surface area contributed by atoms with Gasteiger partial charge in [0.2, 0.25) is 5.28 Å². The van der Waals surface area contributed by atoms with Crippen LogP contribution in [-0.4, -0.2) is 26.7 Å². The first-order valence-corrected chi connectivity index (χ1v) is 7.64. The van der Waals surface area contributed by atoms with Gasteiger partial charge >= 0.3 is 6.09 Å². The lowest BCUT2D eigenvalue weighted by atomic mass is 10.1. The Hall–Kier alpha value is -2.38. The third-order valence-corrected chi connectivity index (χ3v) is 2.97. The Morgan fingerprint density at radius 3 is 2.79 bits per heavy atom. The van der Waals surface area contributed by atoms with Gasteiger partial charge in [-0.05, 0) is 44.5 Å². The molecule has 1 aromatic heterocycles. The molecule has 3 N–H and O–H groups in total. The Labute approximate surface area is 145 Å². The largest absolute Gasteiger partial charge is 0.413 e. The Balaban J connectivity index is 2.13. The quantitative estimate of drug-likeness (QED) is 0.732. The SMILES string of the molecule is CC(C)(C)NC(=O)Oc1cccc(Nc2nc(Cl)ncc2CO)c1. The standard InChI is InChI=1S/C16H19ClN4O3/c1-16(2,3)21-15(23)24-12-6-4-5-11(7-12)19-13-10(9-22)8-18-14(17)20-13/h4-8,22H,9H2,1-3H3,(H,21,23)(H,18,19,20). The number of anilines is 2. The van der Waals surface area contributed by atoms with E-state index in [0.29, 0.717) is 22.8 Å². The second-order valence-corrected chi connectivity index (χ2v) is 6.43. The molecule has 2 aromatic rings. The molecule has 0 saturated heterocycles. The highest BCUT2D eigenvalue weighted by molar-refractivity contribution is 6.28. The molecule has 2 rings (SSSR count). The highest BCUT2D eigenvalue weighted by Gasteiger charge is 2.15. The Morgan fingerprint density at radius 2 is 2.12 bits per heavy atom. The minimum absolute atomic E-state index is 0.0617. The lowest BCUT2D eigenvalue weighted by Crippen LogP contribution is -2.42. The summed E-state index contributed by atoms with van der Waals surface area (Å²) in [7, 11) is 0. The zero-order valence-electron chi connectivity index (χ0n) is 13.6. The number of aliphatic hydroxyl groups is 1. The number of aromatic nitrogens is 2. The topological polar surface area (TPSA) is 96.4 Å². The number of benzene rings is 1. The van der Waals surface area contributed by atoms with Crippen LogP contribution in [0, 0.1) is 0 Å². The van der Waals surface area contributed by atoms with E-state index in [0.717, 1.165) is 0 Å². The number of aliphatic hydroxyl groups excluding tert-OH is 1. The summed E-state index contributed by atoms with van der Waals surface area (Å²) in [4.78, 5) is 19.7. The number of carbonyl (C=O) groups excluding carboxylic acids is 1. The molecule has 0 bridgehead atoms. The summed E-state index contributed by atoms with van der Waals surface area (Å²) >= 11 is 5.78. The van der Waals surface area contributed by atoms with E-state index in [1.807, 2.05) is 20.8 Å². The van der Waals surface area contributed by atoms with E-state index >= 15 is 0 Å². The summed E-state index contributed by atoms with van der Waals surface area (Å²) in [6, 6.07) is 6.79. The fraction of sp³-hybridized carbons (Fsp3) is 0.312. The summed E-state index contributed by atoms with van der Waals surface area (Å²) in [5.41, 5.74) is 0.734. The first-order valence-electron chi connectivity index (χ1n) is 7.26. The molecule has 1 amide bonds. The number of rotatable bonds is 4. The van der Waals surface area contributed by atoms with Gasteiger partial charge in [0.25, 0.3) is 0 Å². The molecular formula is C16H19ClN4O3. The smallest absolute Gasteiger partial charge is 0.410 e. The van der Waals surface area contributed by atoms with Crippen LogP contribution in [0.5, 0.6) is 5.75 Å². The van der Waals surface area contributed by atoms with E-state index in [1.165, 1.54) is 6.20 Å². The van der Waals surface area contributed by atoms with Gasteiger partial charge < -0.3 is 20.5 Å². The number of hydrogen-bond donors (Lipinski definition) is 3. The molecule has 128 valence electrons. The highest BCUT2D eigenvalue weighted by atomic mass is 35.5. The van der Waals surface area contributed by atoms with Crippen LogP contribution in [0.25, 0.3) is 0 Å². The van der Waals surface area contributed by atoms with Gasteiger partial charge in [-0.1, -0.05) is 6.07 Å². The zero-order chi connectivity index (χ0) is 17.7. The average molecular weight is 351 g/mol. The zero-order valence-corrected chi connectivity index (χ0v) is 14.4. The minimum atomic E-state index is -0.541. The number of nitrogens with one attached hydrogen (secondary N) is 2. The van der Waals surface area contributed by atoms with Crippen LogP contribution >= 0.6 is 11.6 Å². The van der Waals surface area contributed by atoms with Gasteiger partial charge in [0.15, 0.2) is 0 Å². The molecule has 24 heavy (non-hydrogen) atoms. The van der Waals surface area contributed by atoms with Crippen LogP contribution in [-0.2, 0) is 6.61 Å². The van der Waals surface area contributed by atoms with Crippen LogP contribution in [0.3, 0.4) is 0 Å². The van der Waals surface area contributed by atoms with Crippen molar-refractivity contribution in [3.05, 3.63) is 41.3 Å². The summed E-state index contributed by atoms with van der Waals surface area (Å²) in [5.74, 6) is 0.751. The molecule has 8 heteroatoms. The molecule has 1 heterocycles. The lowest BCUT2D eigenvalue weighted by Gasteiger charge is -2.20. The monoisotopic (exact) mass is 350 g/mol. The highest BCUT2D eigenvalue weighted by Crippen LogP contribution is 2.23. The molecule has 1 aromatic carbocycles. The summed E-state index contributed by atoms with van der Waals surface area (Å²) in [6.07, 6.45) is 0.898. The van der Waals surface area contributed by atoms with Crippen molar-refractivity contribution in [2.75, 3.05) is 5.32 Å². The third-order valence-electron chi connectivity index (χ3n) is 2.79. The van der Waals surface area contributed by atoms with E-state index in [-0.39, 0.29) is 17.4 Å². The normalized spacial score (nSPS) is 11.0. The molecule has 0 aliphatic heterocycles. The maximum atomic E-state index is 11.8. The van der Waals surface area contributed by atoms with Crippen LogP contribution in [0.2, 0.25) is 5.28 Å². The first-order chi connectivity index (χ1) is 11.3. The van der Waals surface area contributed by atoms with Gasteiger partial charge in [0, 0.05) is 29.1 Å². The Kier molecular flexibility index (Phi) is 5.58. The van der Waals surface area contributed by atoms with Crippen molar-refractivity contribution in [1.82, 2.24) is 15.3 Å². The number of amides is 1. The van der Waals surface area contributed by atoms with E-state index in [1.54, 1.807) is 24.3 Å². The van der Waals surface area contributed by atoms with Gasteiger partial charge in [-0.25, -0.2) is 14.8 Å². The van der Waals surface area contributed by atoms with Crippen molar-refractivity contribution < 1.29 is 14.6 Å². The van der Waals surface area contributed by atoms with Crippen molar-refractivity contribution in [2.24, 2.45) is 0 Å². The molecule has 0 aliphatic carbocycles. The van der Waals surface area contributed by atoms with Crippen molar-refractivity contribution in [2.45, 2.75) is 32.9 Å². The second kappa shape index (κ2) is 7.46. The van der Waals surface area contributed by atoms with Gasteiger partial charge in [0.1, 0.15) is 11.6 Å². The number of ether oxygens (including phenoxy) is 1. The minimum Gasteiger partial charge on any atom is -0.410 e. The fourth-order valence-corrected chi connectivity index (χ4v) is 1.96. The summed E-state index contributed by atoms with van der Waals surface area (Å²) in [6.45, 7) is 5.36. The second-order valence-electron chi connectivity index (χ2n) is 6.09. The van der Waals surface area contributed by atoms with Crippen LogP contribution in [0.1, 0.15) is 26.3 Å². The maximum Gasteiger partial charge on any atom is 0.413 e. The molecule has 0 saturated carbocycles. The van der Waals surface area contributed by atoms with E-state index < -0.39 is 6.09 Å². The van der Waals surface area contributed by atoms with Crippen LogP contribution < -0.4 is 15.4 Å². The van der Waals surface area contributed by atoms with Gasteiger partial charge in [-0.2, -0.15) is 0 Å². The fourth-order valence-electron chi connectivity index (χ4n) is 1.82. The lowest BCUT2D eigenvalue weighted by molar-refractivity contribution is 0.190. The number of carbonyl (C=O) groups is 1. The predicted octanol–water partition coefficient (Wildman–Crippen LogP) is 3.25. The maximum absolute atomic E-state index is 11.8.